The number of carbonyl (C=O) groups excluding carboxylic acids is 1. The number of aryl methyl sites for hydroxylation is 2. The molecule has 0 spiro atoms. The molecule has 109 heavy (non-hydrogen) atoms. The van der Waals surface area contributed by atoms with Crippen LogP contribution in [0.2, 0.25) is 0 Å². The number of aromatic amines is 2. The van der Waals surface area contributed by atoms with Gasteiger partial charge in [-0.3, -0.25) is 24.8 Å². The highest BCUT2D eigenvalue weighted by Gasteiger charge is 2.35. The van der Waals surface area contributed by atoms with Crippen molar-refractivity contribution in [3.63, 3.8) is 0 Å². The minimum absolute atomic E-state index is 0.0926. The average molecular weight is 1550 g/mol. The normalized spacial score (nSPS) is 12.9. The van der Waals surface area contributed by atoms with Gasteiger partial charge in [0.05, 0.1) is 19.1 Å². The molecule has 4 aromatic heterocycles. The Kier molecular flexibility index (Phi) is 147. The van der Waals surface area contributed by atoms with Gasteiger partial charge >= 0.3 is 6.29 Å². The lowest BCUT2D eigenvalue weighted by molar-refractivity contribution is -0.329. The van der Waals surface area contributed by atoms with E-state index in [1.807, 2.05) is 265 Å². The fourth-order valence-corrected chi connectivity index (χ4v) is 7.71. The summed E-state index contributed by atoms with van der Waals surface area (Å²) in [5, 5.41) is 19.7. The predicted octanol–water partition coefficient (Wildman–Crippen LogP) is 26.6. The Morgan fingerprint density at radius 1 is 0.422 bits per heavy atom. The van der Waals surface area contributed by atoms with E-state index in [1.165, 1.54) is 119 Å². The number of benzene rings is 2. The van der Waals surface area contributed by atoms with Crippen LogP contribution < -0.4 is 21.3 Å². The number of carbonyl (C=O) groups is 1. The van der Waals surface area contributed by atoms with E-state index in [2.05, 4.69) is 126 Å². The first-order valence-corrected chi connectivity index (χ1v) is 42.3. The molecule has 0 atom stereocenters. The van der Waals surface area contributed by atoms with Crippen LogP contribution >= 0.6 is 11.8 Å². The molecule has 0 bridgehead atoms. The SMILES string of the molecule is C1=CNCC1.C1=COCCC1.C1=COCCN1.C1=CSCCN1.C1=Cc2ccccc2C1.C1CCCCC1.CC.CC.CC.CC.CC.CC.CC.CC.CC.CC.CC.CC.CC.FC1(F)OC=CO1.O=C1CC=CN1.c1cc2c([nH]1)CCCC2.c1ccccc1.c1ccncc1.c1cnccn1.c1nc[nH]n1. The van der Waals surface area contributed by atoms with Crippen molar-refractivity contribution >= 4 is 23.7 Å². The summed E-state index contributed by atoms with van der Waals surface area (Å²) in [6.45, 7) is 56.9. The second-order valence-electron chi connectivity index (χ2n) is 17.8. The van der Waals surface area contributed by atoms with Crippen molar-refractivity contribution in [2.45, 2.75) is 283 Å². The number of hydrogen-bond donors (Lipinski definition) is 6. The number of ether oxygens (including phenoxy) is 4. The van der Waals surface area contributed by atoms with Crippen LogP contribution in [0.3, 0.4) is 0 Å². The molecule has 2 aromatic carbocycles. The number of alkyl halides is 2. The standard InChI is InChI=1S/C9H8.C8H11N.C6H12.C6H6.C5H5N.C5H8O.C4H4N2.C4H7NO.C4H5NO.C4H7NS.C4H7N.C3H2F2O2.C2H3N3.13C2H6/c1-2-5-9-7-3-6-8(9)4-1;1-2-4-8-7(3-1)5-6-9-8;4*1-2-4-6-5-3-1;1-2-6-4-3-5-1;1-3-6-4-2-5-1;6-4-2-1-3-5-4;1-3-6-4-2-5-1;1-2-4-5-3-1;4-3(5)6-1-2-7-3;1-3-2-5-4-1;13*1-2/h1-6H,7H2;5-6,9H,1-4H2;1-6H2;1-6H;1-5H;2,4H,1,3,5H2;1-4H;1,3,5H,2,4H2;1,3H,2H2,(H,5,6);1,3,5H,2,4H2;1,3,5H,2,4H2;1-2H;1-2H,(H,3,4,5);13*1-2H3. The summed E-state index contributed by atoms with van der Waals surface area (Å²) in [7, 11) is 0. The summed E-state index contributed by atoms with van der Waals surface area (Å²) in [6, 6.07) is 28.4. The molecule has 0 saturated heterocycles. The van der Waals surface area contributed by atoms with E-state index >= 15 is 0 Å². The average Bonchev–Trinajstić information content (AvgIpc) is 1.76. The molecule has 628 valence electrons. The third kappa shape index (κ3) is 108. The molecule has 15 rings (SSSR count). The van der Waals surface area contributed by atoms with Gasteiger partial charge in [-0.2, -0.15) is 5.10 Å². The summed E-state index contributed by atoms with van der Waals surface area (Å²) < 4.78 is 39.8. The van der Waals surface area contributed by atoms with Crippen LogP contribution in [-0.2, 0) is 43.0 Å². The molecule has 16 nitrogen and oxygen atoms in total. The van der Waals surface area contributed by atoms with Crippen LogP contribution in [-0.4, -0.2) is 85.9 Å². The lowest BCUT2D eigenvalue weighted by Gasteiger charge is -2.08. The van der Waals surface area contributed by atoms with Crippen LogP contribution in [0, 0.1) is 0 Å². The molecule has 0 unspecified atom stereocenters. The van der Waals surface area contributed by atoms with E-state index in [9.17, 15) is 13.6 Å². The third-order valence-corrected chi connectivity index (χ3v) is 12.0. The van der Waals surface area contributed by atoms with Crippen molar-refractivity contribution in [3.8, 4) is 0 Å². The summed E-state index contributed by atoms with van der Waals surface area (Å²) in [5.74, 6) is 1.31. The highest BCUT2D eigenvalue weighted by molar-refractivity contribution is 8.02. The number of fused-ring (bicyclic) bond motifs is 2. The molecule has 3 aliphatic carbocycles. The maximum Gasteiger partial charge on any atom is 0.585 e. The van der Waals surface area contributed by atoms with E-state index < -0.39 is 6.29 Å². The topological polar surface area (TPSA) is 198 Å². The van der Waals surface area contributed by atoms with Crippen LogP contribution in [0.15, 0.2) is 221 Å². The van der Waals surface area contributed by atoms with Crippen molar-refractivity contribution in [2.24, 2.45) is 0 Å². The minimum atomic E-state index is -3.42. The Labute approximate surface area is 673 Å². The van der Waals surface area contributed by atoms with E-state index in [0.717, 1.165) is 51.8 Å². The van der Waals surface area contributed by atoms with Crippen LogP contribution in [0.4, 0.5) is 8.78 Å². The Morgan fingerprint density at radius 2 is 0.927 bits per heavy atom. The van der Waals surface area contributed by atoms with Gasteiger partial charge in [0, 0.05) is 99.5 Å². The highest BCUT2D eigenvalue weighted by Crippen LogP contribution is 2.22. The second-order valence-corrected chi connectivity index (χ2v) is 18.8. The number of nitrogens with one attached hydrogen (secondary N) is 6. The lowest BCUT2D eigenvalue weighted by atomic mass is 9.98. The molecule has 0 radical (unpaired) electrons. The van der Waals surface area contributed by atoms with E-state index in [4.69, 9.17) is 9.47 Å². The fraction of sp³-hybridized carbons (Fsp3) is 0.533. The van der Waals surface area contributed by atoms with E-state index in [0.29, 0.717) is 6.42 Å². The quantitative estimate of drug-likeness (QED) is 0.0840. The Hall–Kier alpha value is -8.45. The van der Waals surface area contributed by atoms with Gasteiger partial charge in [0.2, 0.25) is 5.91 Å². The number of H-pyrrole nitrogens is 2. The molecular weight excluding hydrogens is 1390 g/mol. The number of allylic oxidation sites excluding steroid dienone is 2. The number of rotatable bonds is 0. The van der Waals surface area contributed by atoms with Crippen molar-refractivity contribution in [1.82, 2.24) is 56.4 Å². The molecular formula is C90H163F2N11O5S. The van der Waals surface area contributed by atoms with Gasteiger partial charge in [-0.15, -0.1) is 20.5 Å². The minimum Gasteiger partial charge on any atom is -0.502 e. The first kappa shape index (κ1) is 124. The number of hydrogen-bond acceptors (Lipinski definition) is 14. The zero-order valence-electron chi connectivity index (χ0n) is 73.7. The Morgan fingerprint density at radius 3 is 1.17 bits per heavy atom. The summed E-state index contributed by atoms with van der Waals surface area (Å²) >= 11 is 1.85. The molecule has 6 aromatic rings. The van der Waals surface area contributed by atoms with E-state index in [-0.39, 0.29) is 5.91 Å². The van der Waals surface area contributed by atoms with Gasteiger partial charge in [-0.1, -0.05) is 310 Å². The first-order chi connectivity index (χ1) is 54.0. The van der Waals surface area contributed by atoms with Gasteiger partial charge in [-0.25, -0.2) is 4.98 Å². The predicted molar refractivity (Wildman–Crippen MR) is 478 cm³/mol. The van der Waals surface area contributed by atoms with Crippen molar-refractivity contribution in [1.29, 1.82) is 0 Å². The number of halogens is 2. The molecule has 10 heterocycles. The molecule has 1 saturated carbocycles. The smallest absolute Gasteiger partial charge is 0.502 e. The van der Waals surface area contributed by atoms with E-state index in [1.54, 1.807) is 73.7 Å². The Bertz CT molecular complexity index is 2290. The monoisotopic (exact) mass is 1550 g/mol. The molecule has 6 aliphatic heterocycles. The molecule has 19 heteroatoms. The summed E-state index contributed by atoms with van der Waals surface area (Å²) in [5.41, 5.74) is 5.86. The molecule has 9 aliphatic rings. The van der Waals surface area contributed by atoms with Gasteiger partial charge in [-0.05, 0) is 104 Å². The highest BCUT2D eigenvalue weighted by atomic mass is 32.2. The van der Waals surface area contributed by atoms with Gasteiger partial charge in [0.25, 0.3) is 0 Å². The molecule has 1 amide bonds. The van der Waals surface area contributed by atoms with Gasteiger partial charge in [0.1, 0.15) is 31.8 Å². The Balaban J connectivity index is -0.000000104. The fourth-order valence-electron chi connectivity index (χ4n) is 7.15. The maximum atomic E-state index is 11.4. The van der Waals surface area contributed by atoms with Crippen LogP contribution in [0.25, 0.3) is 6.08 Å². The lowest BCUT2D eigenvalue weighted by Crippen LogP contribution is -2.16. The largest absolute Gasteiger partial charge is 0.585 e. The number of pyridine rings is 1. The van der Waals surface area contributed by atoms with Crippen LogP contribution in [0.5, 0.6) is 0 Å². The van der Waals surface area contributed by atoms with Crippen LogP contribution in [0.1, 0.15) is 279 Å². The van der Waals surface area contributed by atoms with Crippen molar-refractivity contribution < 1.29 is 32.5 Å². The maximum absolute atomic E-state index is 11.4. The molecule has 1 fully saturated rings. The van der Waals surface area contributed by atoms with Gasteiger partial charge in [0.15, 0.2) is 0 Å². The number of aromatic nitrogens is 7. The van der Waals surface area contributed by atoms with Crippen molar-refractivity contribution in [2.75, 3.05) is 38.6 Å². The third-order valence-electron chi connectivity index (χ3n) is 11.2. The molecule has 6 N–H and O–H groups in total. The van der Waals surface area contributed by atoms with Crippen molar-refractivity contribution in [3.05, 3.63) is 243 Å². The van der Waals surface area contributed by atoms with Gasteiger partial charge < -0.3 is 45.2 Å². The summed E-state index contributed by atoms with van der Waals surface area (Å²) in [4.78, 5) is 28.1. The number of thioether (sulfide) groups is 1. The summed E-state index contributed by atoms with van der Waals surface area (Å²) in [6.07, 6.45) is 54.0. The second kappa shape index (κ2) is 129. The zero-order valence-corrected chi connectivity index (χ0v) is 74.5. The number of amides is 1. The zero-order chi connectivity index (χ0) is 84.7. The first-order valence-electron chi connectivity index (χ1n) is 41.2. The number of nitrogens with zero attached hydrogens (tertiary/aromatic N) is 5.